The molecule has 1 aromatic carbocycles. The number of carbonyl (C=O) groups excluding carboxylic acids is 2. The number of rotatable bonds is 7. The fraction of sp³-hybridized carbons (Fsp3) is 0.600. The van der Waals surface area contributed by atoms with Gasteiger partial charge in [0, 0.05) is 13.1 Å². The van der Waals surface area contributed by atoms with E-state index in [4.69, 9.17) is 18.9 Å². The molecule has 1 amide bonds. The average Bonchev–Trinajstić information content (AvgIpc) is 2.64. The fourth-order valence-corrected chi connectivity index (χ4v) is 3.56. The molecule has 0 aromatic heterocycles. The van der Waals surface area contributed by atoms with Crippen LogP contribution in [0.25, 0.3) is 0 Å². The second-order valence-electron chi connectivity index (χ2n) is 7.12. The van der Waals surface area contributed by atoms with E-state index in [1.165, 1.54) is 21.3 Å². The molecule has 1 aromatic rings. The van der Waals surface area contributed by atoms with E-state index < -0.39 is 5.97 Å². The van der Waals surface area contributed by atoms with Crippen molar-refractivity contribution in [3.8, 4) is 17.2 Å². The third-order valence-corrected chi connectivity index (χ3v) is 4.65. The predicted molar refractivity (Wildman–Crippen MR) is 100 cm³/mol. The van der Waals surface area contributed by atoms with Crippen LogP contribution in [0.5, 0.6) is 17.2 Å². The quantitative estimate of drug-likeness (QED) is 0.677. The number of carbonyl (C=O) groups is 2. The smallest absolute Gasteiger partial charge is 0.310 e. The lowest BCUT2D eigenvalue weighted by Gasteiger charge is -2.34. The number of ether oxygens (including phenoxy) is 4. The van der Waals surface area contributed by atoms with Crippen LogP contribution in [0, 0.1) is 11.8 Å². The second kappa shape index (κ2) is 9.48. The summed E-state index contributed by atoms with van der Waals surface area (Å²) < 4.78 is 21.0. The maximum Gasteiger partial charge on any atom is 0.310 e. The Morgan fingerprint density at radius 2 is 1.56 bits per heavy atom. The molecular weight excluding hydrogens is 350 g/mol. The van der Waals surface area contributed by atoms with Gasteiger partial charge in [-0.25, -0.2) is 0 Å². The van der Waals surface area contributed by atoms with Crippen LogP contribution in [0.2, 0.25) is 0 Å². The van der Waals surface area contributed by atoms with E-state index in [0.29, 0.717) is 47.7 Å². The molecule has 0 saturated carbocycles. The van der Waals surface area contributed by atoms with E-state index in [9.17, 15) is 9.59 Å². The van der Waals surface area contributed by atoms with Crippen molar-refractivity contribution in [3.63, 3.8) is 0 Å². The maximum atomic E-state index is 12.3. The van der Waals surface area contributed by atoms with Gasteiger partial charge in [-0.15, -0.1) is 0 Å². The van der Waals surface area contributed by atoms with Crippen LogP contribution < -0.4 is 14.2 Å². The van der Waals surface area contributed by atoms with Crippen molar-refractivity contribution in [1.82, 2.24) is 4.90 Å². The highest BCUT2D eigenvalue weighted by atomic mass is 16.5. The zero-order valence-corrected chi connectivity index (χ0v) is 16.7. The van der Waals surface area contributed by atoms with Gasteiger partial charge < -0.3 is 23.8 Å². The molecule has 1 aliphatic rings. The maximum absolute atomic E-state index is 12.3. The molecule has 0 unspecified atom stereocenters. The molecule has 1 heterocycles. The van der Waals surface area contributed by atoms with Gasteiger partial charge in [0.25, 0.3) is 5.91 Å². The third kappa shape index (κ3) is 5.52. The van der Waals surface area contributed by atoms with Gasteiger partial charge in [0.05, 0.1) is 27.8 Å². The number of hydrogen-bond acceptors (Lipinski definition) is 6. The van der Waals surface area contributed by atoms with Crippen molar-refractivity contribution in [3.05, 3.63) is 17.7 Å². The lowest BCUT2D eigenvalue weighted by atomic mass is 9.92. The molecule has 0 bridgehead atoms. The Morgan fingerprint density at radius 1 is 1.00 bits per heavy atom. The summed E-state index contributed by atoms with van der Waals surface area (Å²) in [6.07, 6.45) is 1.13. The number of benzene rings is 1. The number of amides is 1. The molecule has 0 aliphatic carbocycles. The highest BCUT2D eigenvalue weighted by Crippen LogP contribution is 2.38. The number of hydrogen-bond donors (Lipinski definition) is 0. The number of esters is 1. The molecule has 7 heteroatoms. The molecule has 27 heavy (non-hydrogen) atoms. The Balaban J connectivity index is 1.94. The van der Waals surface area contributed by atoms with Crippen molar-refractivity contribution in [2.45, 2.75) is 26.7 Å². The number of piperidine rings is 1. The van der Waals surface area contributed by atoms with E-state index in [1.54, 1.807) is 17.0 Å². The van der Waals surface area contributed by atoms with Gasteiger partial charge in [0.15, 0.2) is 18.1 Å². The average molecular weight is 379 g/mol. The fourth-order valence-electron chi connectivity index (χ4n) is 3.56. The minimum Gasteiger partial charge on any atom is -0.493 e. The molecule has 1 aliphatic heterocycles. The first kappa shape index (κ1) is 20.9. The highest BCUT2D eigenvalue weighted by molar-refractivity contribution is 5.81. The molecule has 7 nitrogen and oxygen atoms in total. The molecule has 150 valence electrons. The molecule has 1 fully saturated rings. The minimum atomic E-state index is -0.476. The van der Waals surface area contributed by atoms with E-state index >= 15 is 0 Å². The second-order valence-corrected chi connectivity index (χ2v) is 7.12. The van der Waals surface area contributed by atoms with Gasteiger partial charge in [0.2, 0.25) is 5.75 Å². The van der Waals surface area contributed by atoms with Crippen molar-refractivity contribution < 1.29 is 28.5 Å². The van der Waals surface area contributed by atoms with Crippen molar-refractivity contribution in [2.24, 2.45) is 11.8 Å². The Kier molecular flexibility index (Phi) is 7.33. The molecule has 1 saturated heterocycles. The summed E-state index contributed by atoms with van der Waals surface area (Å²) in [5.74, 6) is 1.70. The summed E-state index contributed by atoms with van der Waals surface area (Å²) in [7, 11) is 4.54. The van der Waals surface area contributed by atoms with Crippen LogP contribution in [-0.4, -0.2) is 57.8 Å². The van der Waals surface area contributed by atoms with Crippen molar-refractivity contribution in [1.29, 1.82) is 0 Å². The van der Waals surface area contributed by atoms with Crippen LogP contribution >= 0.6 is 0 Å². The highest BCUT2D eigenvalue weighted by Gasteiger charge is 2.26. The Hall–Kier alpha value is -2.44. The largest absolute Gasteiger partial charge is 0.493 e. The van der Waals surface area contributed by atoms with Gasteiger partial charge in [-0.3, -0.25) is 9.59 Å². The topological polar surface area (TPSA) is 74.3 Å². The van der Waals surface area contributed by atoms with E-state index in [1.807, 2.05) is 0 Å². The predicted octanol–water partition coefficient (Wildman–Crippen LogP) is 2.30. The van der Waals surface area contributed by atoms with E-state index in [-0.39, 0.29) is 18.9 Å². The first-order chi connectivity index (χ1) is 12.9. The van der Waals surface area contributed by atoms with Crippen LogP contribution in [0.15, 0.2) is 12.1 Å². The van der Waals surface area contributed by atoms with Gasteiger partial charge in [0.1, 0.15) is 0 Å². The molecule has 0 spiro atoms. The lowest BCUT2D eigenvalue weighted by molar-refractivity contribution is -0.152. The summed E-state index contributed by atoms with van der Waals surface area (Å²) in [4.78, 5) is 26.3. The minimum absolute atomic E-state index is 0.0107. The van der Waals surface area contributed by atoms with Crippen LogP contribution in [-0.2, 0) is 20.7 Å². The molecule has 0 N–H and O–H groups in total. The zero-order valence-electron chi connectivity index (χ0n) is 16.7. The van der Waals surface area contributed by atoms with Crippen molar-refractivity contribution in [2.75, 3.05) is 41.0 Å². The van der Waals surface area contributed by atoms with Crippen molar-refractivity contribution >= 4 is 11.9 Å². The first-order valence-electron chi connectivity index (χ1n) is 9.10. The molecular formula is C20H29NO6. The standard InChI is InChI=1S/C20H29NO6/c1-13-6-14(2)11-21(10-13)18(22)12-27-19(23)9-15-7-16(24-3)20(26-5)17(8-15)25-4/h7-8,13-14H,6,9-12H2,1-5H3/t13-,14-/m0/s1. The third-order valence-electron chi connectivity index (χ3n) is 4.65. The van der Waals surface area contributed by atoms with Gasteiger partial charge in [-0.05, 0) is 36.0 Å². The Bertz CT molecular complexity index is 639. The SMILES string of the molecule is COc1cc(CC(=O)OCC(=O)N2C[C@@H](C)C[C@H](C)C2)cc(OC)c1OC. The monoisotopic (exact) mass is 379 g/mol. The van der Waals surface area contributed by atoms with Crippen LogP contribution in [0.3, 0.4) is 0 Å². The van der Waals surface area contributed by atoms with Crippen LogP contribution in [0.1, 0.15) is 25.8 Å². The zero-order chi connectivity index (χ0) is 20.0. The molecule has 2 atom stereocenters. The summed E-state index contributed by atoms with van der Waals surface area (Å²) >= 11 is 0. The van der Waals surface area contributed by atoms with Gasteiger partial charge >= 0.3 is 5.97 Å². The van der Waals surface area contributed by atoms with E-state index in [2.05, 4.69) is 13.8 Å². The molecule has 2 rings (SSSR count). The molecule has 0 radical (unpaired) electrons. The number of methoxy groups -OCH3 is 3. The summed E-state index contributed by atoms with van der Waals surface area (Å²) in [6, 6.07) is 3.39. The normalized spacial score (nSPS) is 19.4. The summed E-state index contributed by atoms with van der Waals surface area (Å²) in [5.41, 5.74) is 0.655. The summed E-state index contributed by atoms with van der Waals surface area (Å²) in [6.45, 7) is 5.46. The Morgan fingerprint density at radius 3 is 2.04 bits per heavy atom. The Labute approximate surface area is 160 Å². The van der Waals surface area contributed by atoms with Gasteiger partial charge in [-0.1, -0.05) is 13.8 Å². The van der Waals surface area contributed by atoms with E-state index in [0.717, 1.165) is 6.42 Å². The summed E-state index contributed by atoms with van der Waals surface area (Å²) in [5, 5.41) is 0. The first-order valence-corrected chi connectivity index (χ1v) is 9.10. The number of likely N-dealkylation sites (tertiary alicyclic amines) is 1. The number of nitrogens with zero attached hydrogens (tertiary/aromatic N) is 1. The van der Waals surface area contributed by atoms with Gasteiger partial charge in [-0.2, -0.15) is 0 Å². The van der Waals surface area contributed by atoms with Crippen LogP contribution in [0.4, 0.5) is 0 Å². The lowest BCUT2D eigenvalue weighted by Crippen LogP contribution is -2.44.